The number of carbonyl (C=O) groups excluding carboxylic acids is 2. The fourth-order valence-corrected chi connectivity index (χ4v) is 4.68. The van der Waals surface area contributed by atoms with Gasteiger partial charge in [0, 0.05) is 54.6 Å². The van der Waals surface area contributed by atoms with Gasteiger partial charge in [0.1, 0.15) is 5.01 Å². The maximum Gasteiger partial charge on any atom is 0.250 e. The quantitative estimate of drug-likeness (QED) is 0.630. The first-order valence-corrected chi connectivity index (χ1v) is 11.0. The monoisotopic (exact) mass is 423 g/mol. The van der Waals surface area contributed by atoms with Crippen LogP contribution in [0.2, 0.25) is 0 Å². The van der Waals surface area contributed by atoms with Crippen LogP contribution in [-0.4, -0.2) is 44.3 Å². The molecule has 156 valence electrons. The van der Waals surface area contributed by atoms with Crippen molar-refractivity contribution in [2.24, 2.45) is 5.73 Å². The molecule has 1 fully saturated rings. The van der Waals surface area contributed by atoms with Crippen molar-refractivity contribution in [3.63, 3.8) is 0 Å². The number of likely N-dealkylation sites (tertiary alicyclic amines) is 1. The van der Waals surface area contributed by atoms with E-state index in [1.54, 1.807) is 11.3 Å². The number of pyridine rings is 1. The number of aromatic nitrogens is 3. The molecule has 7 nitrogen and oxygen atoms in total. The number of hydrogen-bond acceptors (Lipinski definition) is 5. The highest BCUT2D eigenvalue weighted by Crippen LogP contribution is 2.31. The highest BCUT2D eigenvalue weighted by Gasteiger charge is 2.21. The van der Waals surface area contributed by atoms with Crippen molar-refractivity contribution in [3.8, 4) is 22.0 Å². The minimum Gasteiger partial charge on any atom is -0.366 e. The molecule has 3 aromatic heterocycles. The van der Waals surface area contributed by atoms with Gasteiger partial charge in [0.2, 0.25) is 5.91 Å². The van der Waals surface area contributed by atoms with Crippen molar-refractivity contribution in [1.29, 1.82) is 0 Å². The van der Waals surface area contributed by atoms with Crippen molar-refractivity contribution in [3.05, 3.63) is 46.7 Å². The van der Waals surface area contributed by atoms with Crippen LogP contribution in [0, 0.1) is 13.8 Å². The lowest BCUT2D eigenvalue weighted by atomic mass is 10.2. The largest absolute Gasteiger partial charge is 0.366 e. The van der Waals surface area contributed by atoms with Crippen LogP contribution < -0.4 is 5.73 Å². The van der Waals surface area contributed by atoms with E-state index in [9.17, 15) is 9.59 Å². The third kappa shape index (κ3) is 4.00. The zero-order valence-corrected chi connectivity index (χ0v) is 18.0. The maximum atomic E-state index is 11.9. The molecule has 1 saturated heterocycles. The van der Waals surface area contributed by atoms with Crippen LogP contribution in [0.5, 0.6) is 0 Å². The molecular weight excluding hydrogens is 398 g/mol. The minimum atomic E-state index is -0.444. The topological polar surface area (TPSA) is 94.1 Å². The number of rotatable bonds is 7. The van der Waals surface area contributed by atoms with Crippen molar-refractivity contribution in [2.75, 3.05) is 13.1 Å². The van der Waals surface area contributed by atoms with E-state index in [0.717, 1.165) is 59.3 Å². The van der Waals surface area contributed by atoms with Gasteiger partial charge in [-0.3, -0.25) is 14.6 Å². The summed E-state index contributed by atoms with van der Waals surface area (Å²) < 4.78 is 2.09. The summed E-state index contributed by atoms with van der Waals surface area (Å²) in [7, 11) is 0. The van der Waals surface area contributed by atoms with E-state index in [1.165, 1.54) is 0 Å². The van der Waals surface area contributed by atoms with Gasteiger partial charge in [-0.1, -0.05) is 0 Å². The molecule has 0 unspecified atom stereocenters. The number of nitrogens with two attached hydrogens (primary N) is 1. The number of nitrogens with zero attached hydrogens (tertiary/aromatic N) is 4. The molecule has 30 heavy (non-hydrogen) atoms. The summed E-state index contributed by atoms with van der Waals surface area (Å²) in [6.45, 7) is 6.11. The predicted octanol–water partition coefficient (Wildman–Crippen LogP) is 3.40. The Morgan fingerprint density at radius 2 is 2.10 bits per heavy atom. The summed E-state index contributed by atoms with van der Waals surface area (Å²) >= 11 is 1.55. The van der Waals surface area contributed by atoms with Crippen LogP contribution in [0.15, 0.2) is 29.8 Å². The van der Waals surface area contributed by atoms with Crippen molar-refractivity contribution in [1.82, 2.24) is 19.4 Å². The molecule has 0 spiro atoms. The Kier molecular flexibility index (Phi) is 5.67. The highest BCUT2D eigenvalue weighted by atomic mass is 32.1. The second-order valence-corrected chi connectivity index (χ2v) is 8.47. The Balaban J connectivity index is 1.60. The van der Waals surface area contributed by atoms with Gasteiger partial charge in [0.05, 0.1) is 17.0 Å². The molecule has 4 rings (SSSR count). The zero-order chi connectivity index (χ0) is 21.3. The average Bonchev–Trinajstić information content (AvgIpc) is 3.43. The van der Waals surface area contributed by atoms with Gasteiger partial charge in [-0.2, -0.15) is 0 Å². The molecule has 2 amide bonds. The summed E-state index contributed by atoms with van der Waals surface area (Å²) in [6.07, 6.45) is 4.22. The van der Waals surface area contributed by atoms with Crippen molar-refractivity contribution < 1.29 is 9.59 Å². The first-order valence-electron chi connectivity index (χ1n) is 10.1. The van der Waals surface area contributed by atoms with Crippen molar-refractivity contribution >= 4 is 23.2 Å². The highest BCUT2D eigenvalue weighted by molar-refractivity contribution is 7.13. The number of amides is 2. The van der Waals surface area contributed by atoms with E-state index >= 15 is 0 Å². The molecule has 0 atom stereocenters. The summed E-state index contributed by atoms with van der Waals surface area (Å²) in [5.41, 5.74) is 10.5. The summed E-state index contributed by atoms with van der Waals surface area (Å²) in [5, 5.41) is 2.88. The number of carbonyl (C=O) groups is 2. The van der Waals surface area contributed by atoms with Gasteiger partial charge in [0.15, 0.2) is 0 Å². The summed E-state index contributed by atoms with van der Waals surface area (Å²) in [5.74, 6) is -0.214. The zero-order valence-electron chi connectivity index (χ0n) is 17.2. The molecule has 0 aliphatic carbocycles. The summed E-state index contributed by atoms with van der Waals surface area (Å²) in [6, 6.07) is 5.80. The Hall–Kier alpha value is -3.00. The summed E-state index contributed by atoms with van der Waals surface area (Å²) in [4.78, 5) is 34.9. The fourth-order valence-electron chi connectivity index (χ4n) is 3.87. The van der Waals surface area contributed by atoms with Crippen LogP contribution >= 0.6 is 11.3 Å². The average molecular weight is 424 g/mol. The Morgan fingerprint density at radius 1 is 1.27 bits per heavy atom. The molecule has 8 heteroatoms. The third-order valence-electron chi connectivity index (χ3n) is 5.54. The normalized spacial score (nSPS) is 13.9. The minimum absolute atomic E-state index is 0.230. The van der Waals surface area contributed by atoms with E-state index in [-0.39, 0.29) is 5.91 Å². The lowest BCUT2D eigenvalue weighted by molar-refractivity contribution is -0.127. The van der Waals surface area contributed by atoms with E-state index in [1.807, 2.05) is 48.5 Å². The first kappa shape index (κ1) is 20.3. The molecule has 0 radical (unpaired) electrons. The van der Waals surface area contributed by atoms with Gasteiger partial charge < -0.3 is 15.2 Å². The van der Waals surface area contributed by atoms with E-state index in [2.05, 4.69) is 9.55 Å². The number of primary amides is 1. The second-order valence-electron chi connectivity index (χ2n) is 7.61. The van der Waals surface area contributed by atoms with Crippen LogP contribution in [0.3, 0.4) is 0 Å². The fraction of sp³-hybridized carbons (Fsp3) is 0.364. The lowest BCUT2D eigenvalue weighted by Crippen LogP contribution is -2.26. The van der Waals surface area contributed by atoms with E-state index in [0.29, 0.717) is 18.5 Å². The van der Waals surface area contributed by atoms with Gasteiger partial charge in [0.25, 0.3) is 5.91 Å². The van der Waals surface area contributed by atoms with Crippen LogP contribution in [0.4, 0.5) is 0 Å². The first-order chi connectivity index (χ1) is 14.4. The van der Waals surface area contributed by atoms with Crippen LogP contribution in [-0.2, 0) is 11.3 Å². The van der Waals surface area contributed by atoms with Crippen LogP contribution in [0.1, 0.15) is 41.0 Å². The molecule has 1 aliphatic rings. The molecule has 0 aromatic carbocycles. The molecule has 4 heterocycles. The molecule has 0 bridgehead atoms. The number of aryl methyl sites for hydroxylation is 1. The van der Waals surface area contributed by atoms with E-state index < -0.39 is 5.91 Å². The molecule has 1 aliphatic heterocycles. The van der Waals surface area contributed by atoms with Crippen molar-refractivity contribution in [2.45, 2.75) is 39.7 Å². The predicted molar refractivity (Wildman–Crippen MR) is 117 cm³/mol. The smallest absolute Gasteiger partial charge is 0.250 e. The molecular formula is C22H25N5O2S. The number of thiazole rings is 1. The second kappa shape index (κ2) is 8.39. The molecule has 2 N–H and O–H groups in total. The van der Waals surface area contributed by atoms with Gasteiger partial charge in [-0.25, -0.2) is 4.98 Å². The SMILES string of the molecule is Cc1ccc(-c2nc(-c3cc(C(N)=O)c(C)n3CCCN3CCCC3=O)cs2)cn1. The van der Waals surface area contributed by atoms with Crippen LogP contribution in [0.25, 0.3) is 22.0 Å². The van der Waals surface area contributed by atoms with Gasteiger partial charge >= 0.3 is 0 Å². The Bertz CT molecular complexity index is 1080. The lowest BCUT2D eigenvalue weighted by Gasteiger charge is -2.17. The van der Waals surface area contributed by atoms with Gasteiger partial charge in [-0.15, -0.1) is 11.3 Å². The van der Waals surface area contributed by atoms with E-state index in [4.69, 9.17) is 10.7 Å². The molecule has 3 aromatic rings. The Morgan fingerprint density at radius 3 is 2.77 bits per heavy atom. The standard InChI is InChI=1S/C22H25N5O2S/c1-14-6-7-16(12-24-14)22-25-18(13-30-22)19-11-17(21(23)29)15(2)27(19)10-4-9-26-8-3-5-20(26)28/h6-7,11-13H,3-5,8-10H2,1-2H3,(H2,23,29). The Labute approximate surface area is 179 Å². The molecule has 0 saturated carbocycles. The van der Waals surface area contributed by atoms with Gasteiger partial charge in [-0.05, 0) is 44.9 Å². The third-order valence-corrected chi connectivity index (χ3v) is 6.43. The number of hydrogen-bond donors (Lipinski definition) is 1. The maximum absolute atomic E-state index is 11.9.